The molecule has 0 spiro atoms. The predicted molar refractivity (Wildman–Crippen MR) is 213 cm³/mol. The fraction of sp³-hybridized carbons (Fsp3) is 0.844. The van der Waals surface area contributed by atoms with Crippen LogP contribution in [0.2, 0.25) is 0 Å². The summed E-state index contributed by atoms with van der Waals surface area (Å²) in [4.78, 5) is 13.7. The van der Waals surface area contributed by atoms with Gasteiger partial charge in [-0.25, -0.2) is 12.8 Å². The molecule has 4 saturated carbocycles. The summed E-state index contributed by atoms with van der Waals surface area (Å²) in [6.45, 7) is 17.9. The first-order chi connectivity index (χ1) is 26.0. The highest BCUT2D eigenvalue weighted by Crippen LogP contribution is 2.75. The Morgan fingerprint density at radius 1 is 0.946 bits per heavy atom. The minimum absolute atomic E-state index is 0.0143. The summed E-state index contributed by atoms with van der Waals surface area (Å²) >= 11 is 0. The number of carboxylic acid groups (broad SMARTS) is 1. The van der Waals surface area contributed by atoms with Gasteiger partial charge in [0, 0.05) is 25.2 Å². The number of carboxylic acids is 1. The van der Waals surface area contributed by atoms with Crippen molar-refractivity contribution in [3.05, 3.63) is 35.5 Å². The lowest BCUT2D eigenvalue weighted by molar-refractivity contribution is -0.204. The van der Waals surface area contributed by atoms with E-state index in [0.29, 0.717) is 43.4 Å². The normalized spacial score (nSPS) is 44.1. The molecule has 1 heterocycles. The van der Waals surface area contributed by atoms with Crippen molar-refractivity contribution in [2.75, 3.05) is 37.8 Å². The molecule has 7 rings (SSSR count). The van der Waals surface area contributed by atoms with E-state index in [1.165, 1.54) is 11.1 Å². The van der Waals surface area contributed by atoms with Crippen LogP contribution in [0, 0.1) is 56.7 Å². The van der Waals surface area contributed by atoms with Gasteiger partial charge < -0.3 is 5.11 Å². The zero-order valence-electron chi connectivity index (χ0n) is 34.8. The lowest BCUT2D eigenvalue weighted by Crippen LogP contribution is -2.70. The number of carbonyl (C=O) groups is 1. The van der Waals surface area contributed by atoms with Crippen molar-refractivity contribution in [3.8, 4) is 0 Å². The Hall–Kier alpha value is -1.72. The van der Waals surface area contributed by atoms with Gasteiger partial charge in [0.15, 0.2) is 9.84 Å². The van der Waals surface area contributed by atoms with E-state index in [-0.39, 0.29) is 71.1 Å². The summed E-state index contributed by atoms with van der Waals surface area (Å²) in [5, 5.41) is 13.2. The molecular formula is C45H68F4N2O4S. The highest BCUT2D eigenvalue weighted by Gasteiger charge is 2.71. The molecule has 56 heavy (non-hydrogen) atoms. The zero-order valence-corrected chi connectivity index (χ0v) is 35.6. The molecule has 2 N–H and O–H groups in total. The van der Waals surface area contributed by atoms with Crippen LogP contribution in [0.4, 0.5) is 17.6 Å². The van der Waals surface area contributed by atoms with Gasteiger partial charge in [0.2, 0.25) is 0 Å². The van der Waals surface area contributed by atoms with E-state index in [2.05, 4.69) is 59.5 Å². The van der Waals surface area contributed by atoms with Crippen molar-refractivity contribution < 1.29 is 35.9 Å². The summed E-state index contributed by atoms with van der Waals surface area (Å²) in [5.74, 6) is 0.237. The number of rotatable bonds is 8. The number of hydrogen-bond acceptors (Lipinski definition) is 5. The fourth-order valence-electron chi connectivity index (χ4n) is 15.0. The lowest BCUT2D eigenvalue weighted by Gasteiger charge is -2.69. The summed E-state index contributed by atoms with van der Waals surface area (Å²) in [6, 6.07) is -1.74. The standard InChI is InChI=1S/C45H68F4N2O4S/c1-29(2)31-13-20-44(50-36(45(47,48)49)27-51-23-25-56(54,55)26-24-51)22-21-41(6)34-9-8-10-35-39(3,4)32(30-11-18-43(28-46,19-12-30)38(52)53)14-16-40(35,5)33(34)15-17-42(41,7)37(31)44/h11,14,31,33-37,50H,1,8-10,12-13,15-28H2,2-7H3,(H,52,53)/t31-,33-,34-,35-,36?,37+,40+,41-,42+,43-,44-/m0/s1. The third-order valence-electron chi connectivity index (χ3n) is 18.3. The Kier molecular flexibility index (Phi) is 10.8. The number of alkyl halides is 4. The van der Waals surface area contributed by atoms with Crippen LogP contribution < -0.4 is 5.32 Å². The predicted octanol–water partition coefficient (Wildman–Crippen LogP) is 9.72. The monoisotopic (exact) mass is 808 g/mol. The van der Waals surface area contributed by atoms with Crippen molar-refractivity contribution in [2.24, 2.45) is 56.7 Å². The molecule has 5 fully saturated rings. The molecular weight excluding hydrogens is 741 g/mol. The van der Waals surface area contributed by atoms with E-state index in [0.717, 1.165) is 56.9 Å². The van der Waals surface area contributed by atoms with Crippen LogP contribution in [0.5, 0.6) is 0 Å². The van der Waals surface area contributed by atoms with Crippen LogP contribution in [0.15, 0.2) is 35.5 Å². The highest BCUT2D eigenvalue weighted by molar-refractivity contribution is 7.91. The molecule has 0 bridgehead atoms. The van der Waals surface area contributed by atoms with Crippen molar-refractivity contribution >= 4 is 15.8 Å². The molecule has 7 aliphatic rings. The second-order valence-corrected chi connectivity index (χ2v) is 23.4. The van der Waals surface area contributed by atoms with Gasteiger partial charge in [0.25, 0.3) is 0 Å². The van der Waals surface area contributed by atoms with E-state index in [1.54, 1.807) is 4.90 Å². The number of sulfone groups is 1. The number of hydrogen-bond donors (Lipinski definition) is 2. The maximum atomic E-state index is 15.1. The van der Waals surface area contributed by atoms with Crippen molar-refractivity contribution in [1.82, 2.24) is 10.2 Å². The third kappa shape index (κ3) is 6.60. The fourth-order valence-corrected chi connectivity index (χ4v) is 16.3. The molecule has 6 nitrogen and oxygen atoms in total. The molecule has 11 atom stereocenters. The van der Waals surface area contributed by atoms with Crippen LogP contribution in [-0.4, -0.2) is 80.0 Å². The average Bonchev–Trinajstić information content (AvgIpc) is 3.43. The maximum Gasteiger partial charge on any atom is 0.405 e. The second-order valence-electron chi connectivity index (χ2n) is 21.1. The highest BCUT2D eigenvalue weighted by atomic mass is 32.2. The minimum atomic E-state index is -4.47. The van der Waals surface area contributed by atoms with Crippen LogP contribution in [0.25, 0.3) is 0 Å². The smallest absolute Gasteiger partial charge is 0.405 e. The molecule has 316 valence electrons. The Bertz CT molecular complexity index is 1740. The quantitative estimate of drug-likeness (QED) is 0.188. The van der Waals surface area contributed by atoms with Gasteiger partial charge in [0.1, 0.15) is 12.7 Å². The second kappa shape index (κ2) is 14.2. The lowest BCUT2D eigenvalue weighted by atomic mass is 9.36. The van der Waals surface area contributed by atoms with Crippen molar-refractivity contribution in [2.45, 2.75) is 143 Å². The van der Waals surface area contributed by atoms with Crippen LogP contribution in [0.1, 0.15) is 125 Å². The Morgan fingerprint density at radius 2 is 1.64 bits per heavy atom. The first-order valence-corrected chi connectivity index (χ1v) is 23.4. The molecule has 0 aromatic rings. The van der Waals surface area contributed by atoms with E-state index in [1.807, 2.05) is 6.08 Å². The minimum Gasteiger partial charge on any atom is -0.481 e. The Balaban J connectivity index is 1.19. The molecule has 0 aromatic heterocycles. The van der Waals surface area contributed by atoms with E-state index in [4.69, 9.17) is 0 Å². The number of halogens is 4. The van der Waals surface area contributed by atoms with E-state index in [9.17, 15) is 22.7 Å². The van der Waals surface area contributed by atoms with Gasteiger partial charge in [-0.2, -0.15) is 13.2 Å². The topological polar surface area (TPSA) is 86.7 Å². The first-order valence-electron chi connectivity index (χ1n) is 21.6. The number of aliphatic carboxylic acids is 1. The number of nitrogens with one attached hydrogen (secondary N) is 1. The Morgan fingerprint density at radius 3 is 2.23 bits per heavy atom. The molecule has 1 aliphatic heterocycles. The molecule has 1 unspecified atom stereocenters. The summed E-state index contributed by atoms with van der Waals surface area (Å²) in [5.41, 5.74) is 1.22. The summed E-state index contributed by atoms with van der Waals surface area (Å²) < 4.78 is 83.5. The first kappa shape index (κ1) is 42.4. The average molecular weight is 809 g/mol. The summed E-state index contributed by atoms with van der Waals surface area (Å²) in [6.07, 6.45) is 10.5. The van der Waals surface area contributed by atoms with Crippen molar-refractivity contribution in [3.63, 3.8) is 0 Å². The SMILES string of the molecule is C=C(C)[C@@H]1CC[C@]2(NC(CN3CCS(=O)(=O)CC3)C(F)(F)F)CC[C@@]3(C)[C@H]4CCC[C@H]5C(C)(C)C(C6=CC[C@](CF)(C(=O)O)CC6)=CC[C@]5(C)[C@H]4CC[C@]3(C)[C@@H]12. The van der Waals surface area contributed by atoms with Gasteiger partial charge in [-0.3, -0.25) is 15.0 Å². The molecule has 6 aliphatic carbocycles. The molecule has 0 amide bonds. The van der Waals surface area contributed by atoms with E-state index >= 15 is 13.2 Å². The molecule has 1 saturated heterocycles. The van der Waals surface area contributed by atoms with E-state index < -0.39 is 45.7 Å². The van der Waals surface area contributed by atoms with Crippen LogP contribution in [-0.2, 0) is 14.6 Å². The third-order valence-corrected chi connectivity index (χ3v) is 19.9. The molecule has 0 radical (unpaired) electrons. The summed E-state index contributed by atoms with van der Waals surface area (Å²) in [7, 11) is -3.21. The van der Waals surface area contributed by atoms with Gasteiger partial charge >= 0.3 is 12.1 Å². The van der Waals surface area contributed by atoms with Gasteiger partial charge in [0.05, 0.1) is 16.9 Å². The van der Waals surface area contributed by atoms with Crippen LogP contribution in [0.3, 0.4) is 0 Å². The largest absolute Gasteiger partial charge is 0.481 e. The molecule has 0 aromatic carbocycles. The van der Waals surface area contributed by atoms with Gasteiger partial charge in [-0.15, -0.1) is 0 Å². The van der Waals surface area contributed by atoms with Gasteiger partial charge in [-0.05, 0) is 146 Å². The Labute approximate surface area is 333 Å². The zero-order chi connectivity index (χ0) is 40.9. The van der Waals surface area contributed by atoms with Gasteiger partial charge in [-0.1, -0.05) is 65.3 Å². The number of allylic oxidation sites excluding steroid dienone is 5. The van der Waals surface area contributed by atoms with Crippen molar-refractivity contribution in [1.29, 1.82) is 0 Å². The number of fused-ring (bicyclic) bond motifs is 7. The number of nitrogens with zero attached hydrogens (tertiary/aromatic N) is 1. The maximum absolute atomic E-state index is 15.1. The van der Waals surface area contributed by atoms with Crippen LogP contribution >= 0.6 is 0 Å². The molecule has 11 heteroatoms.